The third-order valence-electron chi connectivity index (χ3n) is 3.97. The fourth-order valence-electron chi connectivity index (χ4n) is 2.39. The van der Waals surface area contributed by atoms with Crippen molar-refractivity contribution in [3.05, 3.63) is 72.1 Å². The Labute approximate surface area is 162 Å². The summed E-state index contributed by atoms with van der Waals surface area (Å²) in [6.07, 6.45) is 3.21. The highest BCUT2D eigenvalue weighted by molar-refractivity contribution is 9.11. The number of aromatic nitrogens is 3. The number of H-pyrrole nitrogens is 1. The Kier molecular flexibility index (Phi) is 5.06. The van der Waals surface area contributed by atoms with Gasteiger partial charge in [0, 0.05) is 22.6 Å². The quantitative estimate of drug-likeness (QED) is 0.569. The van der Waals surface area contributed by atoms with E-state index in [4.69, 9.17) is 0 Å². The predicted molar refractivity (Wildman–Crippen MR) is 107 cm³/mol. The van der Waals surface area contributed by atoms with E-state index < -0.39 is 0 Å². The molecule has 2 aromatic heterocycles. The van der Waals surface area contributed by atoms with Gasteiger partial charge in [-0.2, -0.15) is 0 Å². The van der Waals surface area contributed by atoms with Crippen molar-refractivity contribution in [2.75, 3.05) is 0 Å². The summed E-state index contributed by atoms with van der Waals surface area (Å²) < 4.78 is 3.14. The Morgan fingerprint density at radius 3 is 2.60 bits per heavy atom. The second-order valence-corrected chi connectivity index (χ2v) is 7.55. The smallest absolute Gasteiger partial charge is 0.280 e. The first-order valence-electron chi connectivity index (χ1n) is 7.61. The van der Waals surface area contributed by atoms with E-state index in [9.17, 15) is 4.79 Å². The van der Waals surface area contributed by atoms with Crippen LogP contribution in [0.1, 0.15) is 22.4 Å². The van der Waals surface area contributed by atoms with E-state index in [1.165, 1.54) is 10.2 Å². The average molecular weight is 464 g/mol. The first kappa shape index (κ1) is 17.8. The van der Waals surface area contributed by atoms with Gasteiger partial charge in [-0.05, 0) is 82.0 Å². The molecule has 3 rings (SSSR count). The van der Waals surface area contributed by atoms with Gasteiger partial charge < -0.3 is 0 Å². The molecule has 3 aromatic rings. The second kappa shape index (κ2) is 7.09. The summed E-state index contributed by atoms with van der Waals surface area (Å²) in [7, 11) is 0. The van der Waals surface area contributed by atoms with Crippen LogP contribution in [0.3, 0.4) is 0 Å². The van der Waals surface area contributed by atoms with E-state index in [2.05, 4.69) is 46.9 Å². The lowest BCUT2D eigenvalue weighted by Gasteiger charge is -2.05. The van der Waals surface area contributed by atoms with Gasteiger partial charge in [0.15, 0.2) is 5.82 Å². The van der Waals surface area contributed by atoms with Crippen molar-refractivity contribution in [1.29, 1.82) is 0 Å². The third kappa shape index (κ3) is 3.67. The molecule has 25 heavy (non-hydrogen) atoms. The van der Waals surface area contributed by atoms with Gasteiger partial charge >= 0.3 is 0 Å². The first-order valence-corrected chi connectivity index (χ1v) is 9.20. The standard InChI is InChI=1S/C18H16Br2N4O/c1-10-4-5-14(6-11(10)2)24-18(25)15(12(3)23-24)9-22-17-16(20)7-13(19)8-21-17/h4-9,23H,1-3H3/b22-9+. The molecule has 2 heterocycles. The molecule has 0 fully saturated rings. The zero-order chi connectivity index (χ0) is 18.1. The summed E-state index contributed by atoms with van der Waals surface area (Å²) in [5.41, 5.74) is 4.24. The summed E-state index contributed by atoms with van der Waals surface area (Å²) in [5, 5.41) is 3.11. The summed E-state index contributed by atoms with van der Waals surface area (Å²) in [6, 6.07) is 7.77. The van der Waals surface area contributed by atoms with Gasteiger partial charge in [0.05, 0.1) is 15.7 Å². The van der Waals surface area contributed by atoms with Gasteiger partial charge in [-0.3, -0.25) is 9.89 Å². The summed E-state index contributed by atoms with van der Waals surface area (Å²) in [5.74, 6) is 0.515. The zero-order valence-electron chi connectivity index (χ0n) is 14.0. The highest BCUT2D eigenvalue weighted by Gasteiger charge is 2.11. The number of halogens is 2. The Hall–Kier alpha value is -1.99. The van der Waals surface area contributed by atoms with Crippen molar-refractivity contribution in [3.8, 4) is 5.69 Å². The van der Waals surface area contributed by atoms with Crippen LogP contribution in [0.15, 0.2) is 49.2 Å². The minimum absolute atomic E-state index is 0.141. The molecule has 0 atom stereocenters. The lowest BCUT2D eigenvalue weighted by atomic mass is 10.1. The number of pyridine rings is 1. The van der Waals surface area contributed by atoms with Crippen molar-refractivity contribution in [1.82, 2.24) is 14.8 Å². The van der Waals surface area contributed by atoms with Gasteiger partial charge in [0.1, 0.15) is 0 Å². The molecule has 0 radical (unpaired) electrons. The lowest BCUT2D eigenvalue weighted by Crippen LogP contribution is -2.17. The highest BCUT2D eigenvalue weighted by atomic mass is 79.9. The van der Waals surface area contributed by atoms with E-state index >= 15 is 0 Å². The summed E-state index contributed by atoms with van der Waals surface area (Å²) >= 11 is 6.77. The maximum Gasteiger partial charge on any atom is 0.280 e. The molecular formula is C18H16Br2N4O. The van der Waals surface area contributed by atoms with Gasteiger partial charge in [0.25, 0.3) is 5.56 Å². The molecular weight excluding hydrogens is 448 g/mol. The van der Waals surface area contributed by atoms with Crippen molar-refractivity contribution in [2.45, 2.75) is 20.8 Å². The van der Waals surface area contributed by atoms with Crippen molar-refractivity contribution in [3.63, 3.8) is 0 Å². The molecule has 1 N–H and O–H groups in total. The van der Waals surface area contributed by atoms with Crippen LogP contribution < -0.4 is 5.56 Å². The molecule has 0 saturated heterocycles. The maximum atomic E-state index is 12.7. The molecule has 128 valence electrons. The van der Waals surface area contributed by atoms with Crippen LogP contribution in [0.4, 0.5) is 5.82 Å². The molecule has 0 aliphatic rings. The Morgan fingerprint density at radius 1 is 1.16 bits per heavy atom. The molecule has 0 aliphatic heterocycles. The minimum Gasteiger partial charge on any atom is -0.295 e. The normalized spacial score (nSPS) is 11.4. The number of rotatable bonds is 3. The van der Waals surface area contributed by atoms with Gasteiger partial charge in [0.2, 0.25) is 0 Å². The van der Waals surface area contributed by atoms with Crippen LogP contribution in [0.25, 0.3) is 5.69 Å². The number of nitrogens with zero attached hydrogens (tertiary/aromatic N) is 3. The van der Waals surface area contributed by atoms with E-state index in [0.29, 0.717) is 11.4 Å². The monoisotopic (exact) mass is 462 g/mol. The van der Waals surface area contributed by atoms with Crippen molar-refractivity contribution in [2.24, 2.45) is 4.99 Å². The van der Waals surface area contributed by atoms with Crippen LogP contribution in [0.5, 0.6) is 0 Å². The molecule has 0 amide bonds. The van der Waals surface area contributed by atoms with Gasteiger partial charge in [-0.15, -0.1) is 0 Å². The molecule has 0 unspecified atom stereocenters. The Morgan fingerprint density at radius 2 is 1.92 bits per heavy atom. The maximum absolute atomic E-state index is 12.7. The summed E-state index contributed by atoms with van der Waals surface area (Å²) in [4.78, 5) is 21.3. The number of aliphatic imine (C=N–C) groups is 1. The zero-order valence-corrected chi connectivity index (χ0v) is 17.1. The highest BCUT2D eigenvalue weighted by Crippen LogP contribution is 2.25. The number of nitrogens with one attached hydrogen (secondary N) is 1. The Balaban J connectivity index is 2.01. The van der Waals surface area contributed by atoms with E-state index in [-0.39, 0.29) is 5.56 Å². The fraction of sp³-hybridized carbons (Fsp3) is 0.167. The molecule has 1 aromatic carbocycles. The van der Waals surface area contributed by atoms with Crippen molar-refractivity contribution >= 4 is 43.9 Å². The SMILES string of the molecule is Cc1ccc(-n2[nH]c(C)c(/C=N/c3ncc(Br)cc3Br)c2=O)cc1C. The topological polar surface area (TPSA) is 63.0 Å². The van der Waals surface area contributed by atoms with Crippen LogP contribution in [-0.4, -0.2) is 21.0 Å². The van der Waals surface area contributed by atoms with Crippen LogP contribution in [0, 0.1) is 20.8 Å². The number of aromatic amines is 1. The minimum atomic E-state index is -0.141. The number of hydrogen-bond donors (Lipinski definition) is 1. The molecule has 0 aliphatic carbocycles. The number of benzene rings is 1. The molecule has 0 bridgehead atoms. The van der Waals surface area contributed by atoms with Crippen LogP contribution >= 0.6 is 31.9 Å². The van der Waals surface area contributed by atoms with Crippen LogP contribution in [-0.2, 0) is 0 Å². The number of hydrogen-bond acceptors (Lipinski definition) is 3. The van der Waals surface area contributed by atoms with E-state index in [1.54, 1.807) is 12.4 Å². The first-order chi connectivity index (χ1) is 11.9. The third-order valence-corrected chi connectivity index (χ3v) is 4.99. The molecule has 0 saturated carbocycles. The van der Waals surface area contributed by atoms with Crippen LogP contribution in [0.2, 0.25) is 0 Å². The Bertz CT molecular complexity index is 1030. The average Bonchev–Trinajstić information content (AvgIpc) is 2.84. The predicted octanol–water partition coefficient (Wildman–Crippen LogP) is 4.76. The largest absolute Gasteiger partial charge is 0.295 e. The second-order valence-electron chi connectivity index (χ2n) is 5.78. The molecule has 0 spiro atoms. The van der Waals surface area contributed by atoms with E-state index in [0.717, 1.165) is 25.9 Å². The van der Waals surface area contributed by atoms with Gasteiger partial charge in [-0.1, -0.05) is 6.07 Å². The fourth-order valence-corrected chi connectivity index (χ4v) is 3.48. The number of aryl methyl sites for hydroxylation is 3. The van der Waals surface area contributed by atoms with Gasteiger partial charge in [-0.25, -0.2) is 14.7 Å². The molecule has 5 nitrogen and oxygen atoms in total. The van der Waals surface area contributed by atoms with Crippen molar-refractivity contribution < 1.29 is 0 Å². The lowest BCUT2D eigenvalue weighted by molar-refractivity contribution is 0.833. The van der Waals surface area contributed by atoms with E-state index in [1.807, 2.05) is 45.0 Å². The molecule has 7 heteroatoms. The summed E-state index contributed by atoms with van der Waals surface area (Å²) in [6.45, 7) is 5.92.